The first-order valence-electron chi connectivity index (χ1n) is 7.19. The van der Waals surface area contributed by atoms with E-state index in [1.54, 1.807) is 0 Å². The van der Waals surface area contributed by atoms with Crippen molar-refractivity contribution in [2.45, 2.75) is 39.2 Å². The van der Waals surface area contributed by atoms with Crippen molar-refractivity contribution >= 4 is 17.6 Å². The van der Waals surface area contributed by atoms with Gasteiger partial charge >= 0.3 is 5.97 Å². The Labute approximate surface area is 124 Å². The topological polar surface area (TPSA) is 75.6 Å². The molecule has 1 saturated heterocycles. The summed E-state index contributed by atoms with van der Waals surface area (Å²) in [5, 5.41) is 12.1. The van der Waals surface area contributed by atoms with Gasteiger partial charge in [-0.15, -0.1) is 0 Å². The van der Waals surface area contributed by atoms with Gasteiger partial charge in [0.05, 0.1) is 12.0 Å². The number of rotatable bonds is 5. The van der Waals surface area contributed by atoms with Crippen LogP contribution >= 0.6 is 0 Å². The largest absolute Gasteiger partial charge is 0.481 e. The standard InChI is InChI=1S/C16H21NO4/c1-10-5-6-11(2)13(8-10)17-15(18)9-12(16(19)20)14-4-3-7-21-14/h5-6,8,12,14H,3-4,7,9H2,1-2H3,(H,17,18)(H,19,20)/t12-,14+/m0/s1. The third-order valence-electron chi connectivity index (χ3n) is 3.80. The summed E-state index contributed by atoms with van der Waals surface area (Å²) in [6.07, 6.45) is 1.14. The summed E-state index contributed by atoms with van der Waals surface area (Å²) in [6.45, 7) is 4.43. The zero-order valence-electron chi connectivity index (χ0n) is 12.4. The Bertz CT molecular complexity index is 535. The van der Waals surface area contributed by atoms with Gasteiger partial charge in [0.15, 0.2) is 0 Å². The van der Waals surface area contributed by atoms with Gasteiger partial charge in [-0.1, -0.05) is 12.1 Å². The van der Waals surface area contributed by atoms with Crippen molar-refractivity contribution in [3.63, 3.8) is 0 Å². The van der Waals surface area contributed by atoms with Crippen LogP contribution in [0.2, 0.25) is 0 Å². The van der Waals surface area contributed by atoms with Crippen molar-refractivity contribution in [2.75, 3.05) is 11.9 Å². The first-order chi connectivity index (χ1) is 9.97. The Morgan fingerprint density at radius 3 is 2.81 bits per heavy atom. The average Bonchev–Trinajstić information content (AvgIpc) is 2.93. The number of nitrogens with one attached hydrogen (secondary N) is 1. The van der Waals surface area contributed by atoms with Crippen molar-refractivity contribution < 1.29 is 19.4 Å². The molecule has 1 fully saturated rings. The molecule has 21 heavy (non-hydrogen) atoms. The molecule has 1 aromatic carbocycles. The van der Waals surface area contributed by atoms with Gasteiger partial charge in [-0.05, 0) is 43.9 Å². The van der Waals surface area contributed by atoms with Crippen LogP contribution in [-0.2, 0) is 14.3 Å². The highest BCUT2D eigenvalue weighted by molar-refractivity contribution is 5.94. The Hall–Kier alpha value is -1.88. The van der Waals surface area contributed by atoms with Crippen LogP contribution in [0, 0.1) is 19.8 Å². The molecule has 0 spiro atoms. The Kier molecular flexibility index (Phi) is 4.96. The second-order valence-corrected chi connectivity index (χ2v) is 5.57. The van der Waals surface area contributed by atoms with Crippen LogP contribution < -0.4 is 5.32 Å². The van der Waals surface area contributed by atoms with Crippen LogP contribution in [0.1, 0.15) is 30.4 Å². The highest BCUT2D eigenvalue weighted by Gasteiger charge is 2.33. The molecule has 0 unspecified atom stereocenters. The lowest BCUT2D eigenvalue weighted by atomic mass is 9.96. The van der Waals surface area contributed by atoms with Gasteiger partial charge < -0.3 is 15.2 Å². The number of carbonyl (C=O) groups excluding carboxylic acids is 1. The molecule has 2 rings (SSSR count). The molecule has 1 aromatic rings. The monoisotopic (exact) mass is 291 g/mol. The van der Waals surface area contributed by atoms with Gasteiger partial charge in [0, 0.05) is 18.7 Å². The third kappa shape index (κ3) is 4.04. The summed E-state index contributed by atoms with van der Waals surface area (Å²) in [7, 11) is 0. The molecule has 1 aliphatic heterocycles. The summed E-state index contributed by atoms with van der Waals surface area (Å²) < 4.78 is 5.41. The maximum Gasteiger partial charge on any atom is 0.309 e. The number of benzene rings is 1. The minimum Gasteiger partial charge on any atom is -0.481 e. The summed E-state index contributed by atoms with van der Waals surface area (Å²) in [4.78, 5) is 23.5. The molecule has 2 N–H and O–H groups in total. The smallest absolute Gasteiger partial charge is 0.309 e. The van der Waals surface area contributed by atoms with Crippen LogP contribution in [0.25, 0.3) is 0 Å². The van der Waals surface area contributed by atoms with Crippen LogP contribution in [0.4, 0.5) is 5.69 Å². The second-order valence-electron chi connectivity index (χ2n) is 5.57. The maximum atomic E-state index is 12.1. The molecule has 1 amide bonds. The second kappa shape index (κ2) is 6.72. The van der Waals surface area contributed by atoms with Crippen LogP contribution in [0.15, 0.2) is 18.2 Å². The van der Waals surface area contributed by atoms with Crippen molar-refractivity contribution in [1.29, 1.82) is 0 Å². The van der Waals surface area contributed by atoms with E-state index in [9.17, 15) is 14.7 Å². The van der Waals surface area contributed by atoms with E-state index < -0.39 is 11.9 Å². The highest BCUT2D eigenvalue weighted by atomic mass is 16.5. The number of aryl methyl sites for hydroxylation is 2. The summed E-state index contributed by atoms with van der Waals surface area (Å²) >= 11 is 0. The Morgan fingerprint density at radius 2 is 2.19 bits per heavy atom. The molecule has 0 radical (unpaired) electrons. The van der Waals surface area contributed by atoms with Crippen molar-refractivity contribution in [2.24, 2.45) is 5.92 Å². The lowest BCUT2D eigenvalue weighted by Crippen LogP contribution is -2.31. The van der Waals surface area contributed by atoms with Crippen LogP contribution in [0.5, 0.6) is 0 Å². The normalized spacial score (nSPS) is 19.2. The van der Waals surface area contributed by atoms with Gasteiger partial charge in [0.1, 0.15) is 0 Å². The predicted molar refractivity (Wildman–Crippen MR) is 79.3 cm³/mol. The summed E-state index contributed by atoms with van der Waals surface area (Å²) in [5.74, 6) is -2.04. The van der Waals surface area contributed by atoms with E-state index in [1.165, 1.54) is 0 Å². The number of carboxylic acid groups (broad SMARTS) is 1. The summed E-state index contributed by atoms with van der Waals surface area (Å²) in [6, 6.07) is 5.78. The molecule has 1 heterocycles. The predicted octanol–water partition coefficient (Wildman–Crippen LogP) is 2.51. The van der Waals surface area contributed by atoms with Gasteiger partial charge in [0.25, 0.3) is 0 Å². The number of carboxylic acids is 1. The number of amides is 1. The van der Waals surface area contributed by atoms with Gasteiger partial charge in [-0.3, -0.25) is 9.59 Å². The number of hydrogen-bond donors (Lipinski definition) is 2. The minimum atomic E-state index is -0.974. The van der Waals surface area contributed by atoms with Crippen molar-refractivity contribution in [3.05, 3.63) is 29.3 Å². The molecule has 5 nitrogen and oxygen atoms in total. The van der Waals surface area contributed by atoms with E-state index in [2.05, 4.69) is 5.32 Å². The van der Waals surface area contributed by atoms with Crippen LogP contribution in [-0.4, -0.2) is 29.7 Å². The number of ether oxygens (including phenoxy) is 1. The molecule has 0 saturated carbocycles. The van der Waals surface area contributed by atoms with Gasteiger partial charge in [0.2, 0.25) is 5.91 Å². The fourth-order valence-electron chi connectivity index (χ4n) is 2.57. The maximum absolute atomic E-state index is 12.1. The van der Waals surface area contributed by atoms with Gasteiger partial charge in [-0.2, -0.15) is 0 Å². The zero-order valence-corrected chi connectivity index (χ0v) is 12.4. The first-order valence-corrected chi connectivity index (χ1v) is 7.19. The van der Waals surface area contributed by atoms with Crippen molar-refractivity contribution in [1.82, 2.24) is 0 Å². The summed E-state index contributed by atoms with van der Waals surface area (Å²) in [5.41, 5.74) is 2.74. The molecule has 1 aliphatic rings. The number of hydrogen-bond acceptors (Lipinski definition) is 3. The van der Waals surface area contributed by atoms with E-state index in [0.717, 1.165) is 23.2 Å². The molecular weight excluding hydrogens is 270 g/mol. The quantitative estimate of drug-likeness (QED) is 0.874. The van der Waals surface area contributed by atoms with E-state index >= 15 is 0 Å². The molecule has 0 bridgehead atoms. The highest BCUT2D eigenvalue weighted by Crippen LogP contribution is 2.24. The fourth-order valence-corrected chi connectivity index (χ4v) is 2.57. The van der Waals surface area contributed by atoms with E-state index in [1.807, 2.05) is 32.0 Å². The average molecular weight is 291 g/mol. The molecular formula is C16H21NO4. The molecule has 2 atom stereocenters. The third-order valence-corrected chi connectivity index (χ3v) is 3.80. The Morgan fingerprint density at radius 1 is 1.43 bits per heavy atom. The number of anilines is 1. The van der Waals surface area contributed by atoms with E-state index in [4.69, 9.17) is 4.74 Å². The fraction of sp³-hybridized carbons (Fsp3) is 0.500. The lowest BCUT2D eigenvalue weighted by Gasteiger charge is -2.18. The molecule has 114 valence electrons. The lowest BCUT2D eigenvalue weighted by molar-refractivity contribution is -0.148. The minimum absolute atomic E-state index is 0.0621. The van der Waals surface area contributed by atoms with E-state index in [0.29, 0.717) is 13.0 Å². The van der Waals surface area contributed by atoms with E-state index in [-0.39, 0.29) is 18.4 Å². The number of carbonyl (C=O) groups is 2. The van der Waals surface area contributed by atoms with Crippen molar-refractivity contribution in [3.8, 4) is 0 Å². The Balaban J connectivity index is 2.02. The number of aliphatic carboxylic acids is 1. The van der Waals surface area contributed by atoms with Crippen LogP contribution in [0.3, 0.4) is 0 Å². The van der Waals surface area contributed by atoms with Gasteiger partial charge in [-0.25, -0.2) is 0 Å². The molecule has 0 aromatic heterocycles. The first kappa shape index (κ1) is 15.5. The molecule has 5 heteroatoms. The molecule has 0 aliphatic carbocycles. The SMILES string of the molecule is Cc1ccc(C)c(NC(=O)C[C@H](C(=O)O)[C@H]2CCCO2)c1. The zero-order chi connectivity index (χ0) is 15.4.